The SMILES string of the molecule is O=C(NC(C(=O)NC1(C(=O)O)CCN(Cc2ccccc2)C1)C1CC1)OCC1c2ccccc2-c2ccccc21. The number of hydrogen-bond donors (Lipinski definition) is 3. The molecule has 8 heteroatoms. The molecule has 8 nitrogen and oxygen atoms in total. The predicted molar refractivity (Wildman–Crippen MR) is 150 cm³/mol. The van der Waals surface area contributed by atoms with Crippen molar-refractivity contribution in [3.05, 3.63) is 95.6 Å². The molecular formula is C32H33N3O5. The Labute approximate surface area is 233 Å². The van der Waals surface area contributed by atoms with Crippen LogP contribution in [0, 0.1) is 5.92 Å². The number of carbonyl (C=O) groups is 3. The van der Waals surface area contributed by atoms with Gasteiger partial charge in [-0.05, 0) is 53.0 Å². The van der Waals surface area contributed by atoms with Gasteiger partial charge in [-0.1, -0.05) is 78.9 Å². The Balaban J connectivity index is 1.09. The van der Waals surface area contributed by atoms with Crippen molar-refractivity contribution in [3.8, 4) is 11.1 Å². The molecule has 2 aliphatic carbocycles. The quantitative estimate of drug-likeness (QED) is 0.377. The summed E-state index contributed by atoms with van der Waals surface area (Å²) in [5.74, 6) is -1.66. The van der Waals surface area contributed by atoms with Crippen molar-refractivity contribution >= 4 is 18.0 Å². The summed E-state index contributed by atoms with van der Waals surface area (Å²) < 4.78 is 5.67. The van der Waals surface area contributed by atoms with Crippen molar-refractivity contribution in [1.29, 1.82) is 0 Å². The average molecular weight is 540 g/mol. The van der Waals surface area contributed by atoms with E-state index in [4.69, 9.17) is 4.74 Å². The van der Waals surface area contributed by atoms with Crippen LogP contribution in [-0.4, -0.2) is 59.3 Å². The van der Waals surface area contributed by atoms with Crippen LogP contribution in [0.25, 0.3) is 11.1 Å². The Morgan fingerprint density at radius 2 is 1.55 bits per heavy atom. The summed E-state index contributed by atoms with van der Waals surface area (Å²) in [6.45, 7) is 1.50. The molecule has 3 N–H and O–H groups in total. The fraction of sp³-hybridized carbons (Fsp3) is 0.344. The number of benzene rings is 3. The van der Waals surface area contributed by atoms with E-state index < -0.39 is 29.6 Å². The van der Waals surface area contributed by atoms with Gasteiger partial charge in [-0.3, -0.25) is 9.69 Å². The van der Waals surface area contributed by atoms with Crippen molar-refractivity contribution in [2.45, 2.75) is 43.3 Å². The van der Waals surface area contributed by atoms with Gasteiger partial charge in [-0.25, -0.2) is 9.59 Å². The van der Waals surface area contributed by atoms with Crippen molar-refractivity contribution in [2.24, 2.45) is 5.92 Å². The Morgan fingerprint density at radius 1 is 0.925 bits per heavy atom. The second-order valence-electron chi connectivity index (χ2n) is 11.1. The monoisotopic (exact) mass is 539 g/mol. The number of carbonyl (C=O) groups excluding carboxylic acids is 2. The zero-order valence-electron chi connectivity index (χ0n) is 22.2. The number of nitrogens with one attached hydrogen (secondary N) is 2. The zero-order chi connectivity index (χ0) is 27.7. The third-order valence-electron chi connectivity index (χ3n) is 8.36. The van der Waals surface area contributed by atoms with Crippen LogP contribution in [0.2, 0.25) is 0 Å². The summed E-state index contributed by atoms with van der Waals surface area (Å²) in [5.41, 5.74) is 4.18. The molecule has 1 saturated carbocycles. The minimum Gasteiger partial charge on any atom is -0.479 e. The number of amides is 2. The van der Waals surface area contributed by atoms with Gasteiger partial charge in [0.25, 0.3) is 0 Å². The summed E-state index contributed by atoms with van der Waals surface area (Å²) in [7, 11) is 0. The lowest BCUT2D eigenvalue weighted by Gasteiger charge is -2.29. The number of ether oxygens (including phenoxy) is 1. The highest BCUT2D eigenvalue weighted by molar-refractivity contribution is 5.92. The third-order valence-corrected chi connectivity index (χ3v) is 8.36. The molecule has 0 aromatic heterocycles. The van der Waals surface area contributed by atoms with Crippen LogP contribution in [0.4, 0.5) is 4.79 Å². The molecular weight excluding hydrogens is 506 g/mol. The molecule has 0 bridgehead atoms. The summed E-state index contributed by atoms with van der Waals surface area (Å²) >= 11 is 0. The van der Waals surface area contributed by atoms with Gasteiger partial charge in [0.15, 0.2) is 5.54 Å². The minimum absolute atomic E-state index is 0.0341. The van der Waals surface area contributed by atoms with Gasteiger partial charge in [0.05, 0.1) is 0 Å². The molecule has 3 aromatic rings. The summed E-state index contributed by atoms with van der Waals surface area (Å²) in [4.78, 5) is 40.8. The minimum atomic E-state index is -1.40. The van der Waals surface area contributed by atoms with E-state index in [1.165, 1.54) is 0 Å². The normalized spacial score (nSPS) is 20.8. The first-order valence-electron chi connectivity index (χ1n) is 13.9. The molecule has 40 heavy (non-hydrogen) atoms. The van der Waals surface area contributed by atoms with E-state index in [1.54, 1.807) is 0 Å². The first-order valence-corrected chi connectivity index (χ1v) is 13.9. The number of carboxylic acids is 1. The number of carboxylic acid groups (broad SMARTS) is 1. The first-order chi connectivity index (χ1) is 19.4. The lowest BCUT2D eigenvalue weighted by atomic mass is 9.97. The van der Waals surface area contributed by atoms with Crippen LogP contribution >= 0.6 is 0 Å². The number of alkyl carbamates (subject to hydrolysis) is 1. The first kappa shape index (κ1) is 26.1. The van der Waals surface area contributed by atoms with Crippen molar-refractivity contribution in [1.82, 2.24) is 15.5 Å². The molecule has 2 amide bonds. The van der Waals surface area contributed by atoms with Gasteiger partial charge in [0.1, 0.15) is 12.6 Å². The van der Waals surface area contributed by atoms with Crippen molar-refractivity contribution in [3.63, 3.8) is 0 Å². The highest BCUT2D eigenvalue weighted by Crippen LogP contribution is 2.44. The van der Waals surface area contributed by atoms with Crippen LogP contribution in [0.15, 0.2) is 78.9 Å². The molecule has 2 fully saturated rings. The highest BCUT2D eigenvalue weighted by Gasteiger charge is 2.48. The molecule has 0 spiro atoms. The fourth-order valence-electron chi connectivity index (χ4n) is 6.10. The van der Waals surface area contributed by atoms with Crippen LogP contribution in [0.5, 0.6) is 0 Å². The molecule has 1 heterocycles. The van der Waals surface area contributed by atoms with Crippen LogP contribution in [-0.2, 0) is 20.9 Å². The zero-order valence-corrected chi connectivity index (χ0v) is 22.2. The smallest absolute Gasteiger partial charge is 0.407 e. The molecule has 6 rings (SSSR count). The third kappa shape index (κ3) is 5.19. The Morgan fingerprint density at radius 3 is 2.17 bits per heavy atom. The van der Waals surface area contributed by atoms with Gasteiger partial charge in [0, 0.05) is 25.6 Å². The molecule has 1 saturated heterocycles. The number of aliphatic carboxylic acids is 1. The predicted octanol–water partition coefficient (Wildman–Crippen LogP) is 4.15. The largest absolute Gasteiger partial charge is 0.479 e. The van der Waals surface area contributed by atoms with E-state index in [2.05, 4.69) is 34.9 Å². The number of hydrogen-bond acceptors (Lipinski definition) is 5. The van der Waals surface area contributed by atoms with Gasteiger partial charge < -0.3 is 20.5 Å². The van der Waals surface area contributed by atoms with Gasteiger partial charge >= 0.3 is 12.1 Å². The van der Waals surface area contributed by atoms with E-state index in [1.807, 2.05) is 59.5 Å². The molecule has 1 aliphatic heterocycles. The average Bonchev–Trinajstić information content (AvgIpc) is 3.65. The molecule has 2 atom stereocenters. The maximum absolute atomic E-state index is 13.4. The van der Waals surface area contributed by atoms with E-state index in [0.717, 1.165) is 40.7 Å². The van der Waals surface area contributed by atoms with Gasteiger partial charge in [-0.15, -0.1) is 0 Å². The van der Waals surface area contributed by atoms with Crippen molar-refractivity contribution in [2.75, 3.05) is 19.7 Å². The Bertz CT molecular complexity index is 1380. The van der Waals surface area contributed by atoms with Crippen LogP contribution in [0.1, 0.15) is 41.9 Å². The van der Waals surface area contributed by atoms with E-state index in [0.29, 0.717) is 19.5 Å². The summed E-state index contributed by atoms with van der Waals surface area (Å²) in [6.07, 6.45) is 1.21. The van der Waals surface area contributed by atoms with E-state index in [9.17, 15) is 19.5 Å². The second kappa shape index (κ2) is 10.8. The molecule has 2 unspecified atom stereocenters. The molecule has 0 radical (unpaired) electrons. The lowest BCUT2D eigenvalue weighted by molar-refractivity contribution is -0.147. The molecule has 3 aromatic carbocycles. The number of fused-ring (bicyclic) bond motifs is 3. The van der Waals surface area contributed by atoms with E-state index >= 15 is 0 Å². The van der Waals surface area contributed by atoms with Crippen molar-refractivity contribution < 1.29 is 24.2 Å². The van der Waals surface area contributed by atoms with Crippen LogP contribution in [0.3, 0.4) is 0 Å². The molecule has 3 aliphatic rings. The van der Waals surface area contributed by atoms with Gasteiger partial charge in [0.2, 0.25) is 5.91 Å². The number of likely N-dealkylation sites (tertiary alicyclic amines) is 1. The highest BCUT2D eigenvalue weighted by atomic mass is 16.5. The lowest BCUT2D eigenvalue weighted by Crippen LogP contribution is -2.61. The standard InChI is InChI=1S/C32H33N3O5/c36-29(34-32(30(37)38)16-17-35(20-32)18-21-8-2-1-3-9-21)28(22-14-15-22)33-31(39)40-19-27-25-12-6-4-10-23(25)24-11-5-7-13-26(24)27/h1-13,22,27-28H,14-20H2,(H,33,39)(H,34,36)(H,37,38). The van der Waals surface area contributed by atoms with E-state index in [-0.39, 0.29) is 25.0 Å². The molecule has 206 valence electrons. The van der Waals surface area contributed by atoms with Gasteiger partial charge in [-0.2, -0.15) is 0 Å². The second-order valence-corrected chi connectivity index (χ2v) is 11.1. The summed E-state index contributed by atoms with van der Waals surface area (Å²) in [6, 6.07) is 25.2. The Kier molecular flexibility index (Phi) is 7.02. The topological polar surface area (TPSA) is 108 Å². The fourth-order valence-corrected chi connectivity index (χ4v) is 6.10. The van der Waals surface area contributed by atoms with Crippen LogP contribution < -0.4 is 10.6 Å². The summed E-state index contributed by atoms with van der Waals surface area (Å²) in [5, 5.41) is 15.7. The number of rotatable bonds is 9. The number of nitrogens with zero attached hydrogens (tertiary/aromatic N) is 1. The maximum Gasteiger partial charge on any atom is 0.407 e. The maximum atomic E-state index is 13.4. The Hall–Kier alpha value is -4.17.